The van der Waals surface area contributed by atoms with Gasteiger partial charge in [0.1, 0.15) is 6.61 Å². The second-order valence-corrected chi connectivity index (χ2v) is 19.1. The second kappa shape index (κ2) is 54.0. The number of phosphoric ester groups is 1. The first-order valence-electron chi connectivity index (χ1n) is 27.4. The summed E-state index contributed by atoms with van der Waals surface area (Å²) >= 11 is 0. The molecule has 0 saturated heterocycles. The summed E-state index contributed by atoms with van der Waals surface area (Å²) in [6.07, 6.45) is 72.9. The van der Waals surface area contributed by atoms with Gasteiger partial charge in [-0.3, -0.25) is 18.6 Å². The van der Waals surface area contributed by atoms with Gasteiger partial charge >= 0.3 is 19.8 Å². The molecule has 0 aromatic carbocycles. The Labute approximate surface area is 422 Å². The van der Waals surface area contributed by atoms with Gasteiger partial charge in [-0.05, 0) is 96.3 Å². The molecule has 0 heterocycles. The van der Waals surface area contributed by atoms with Crippen LogP contribution in [0.5, 0.6) is 0 Å². The van der Waals surface area contributed by atoms with Gasteiger partial charge in [0.25, 0.3) is 0 Å². The normalized spacial score (nSPS) is 14.0. The Bertz CT molecular complexity index is 1490. The lowest BCUT2D eigenvalue weighted by atomic mass is 10.0. The third-order valence-electron chi connectivity index (χ3n) is 11.2. The molecule has 10 heteroatoms. The van der Waals surface area contributed by atoms with Crippen LogP contribution in [0.25, 0.3) is 0 Å². The molecule has 0 aromatic rings. The van der Waals surface area contributed by atoms with Crippen molar-refractivity contribution < 1.29 is 37.6 Å². The lowest BCUT2D eigenvalue weighted by Crippen LogP contribution is -2.29. The van der Waals surface area contributed by atoms with Crippen LogP contribution in [0.4, 0.5) is 0 Å². The number of carbonyl (C=O) groups excluding carboxylic acids is 2. The number of hydrogen-bond donors (Lipinski definition) is 2. The molecule has 2 atom stereocenters. The minimum atomic E-state index is -4.39. The van der Waals surface area contributed by atoms with Crippen molar-refractivity contribution in [1.82, 2.24) is 0 Å². The van der Waals surface area contributed by atoms with E-state index in [0.29, 0.717) is 12.8 Å². The number of carbonyl (C=O) groups is 2. The Morgan fingerprint density at radius 1 is 0.435 bits per heavy atom. The zero-order valence-electron chi connectivity index (χ0n) is 43.8. The van der Waals surface area contributed by atoms with Gasteiger partial charge in [0.2, 0.25) is 0 Å². The third-order valence-corrected chi connectivity index (χ3v) is 12.1. The minimum absolute atomic E-state index is 0.0462. The quantitative estimate of drug-likeness (QED) is 0.0264. The van der Waals surface area contributed by atoms with Crippen molar-refractivity contribution in [3.8, 4) is 0 Å². The summed E-state index contributed by atoms with van der Waals surface area (Å²) in [5, 5.41) is 0. The van der Waals surface area contributed by atoms with Gasteiger partial charge in [-0.25, -0.2) is 4.57 Å². The van der Waals surface area contributed by atoms with Crippen LogP contribution in [0.3, 0.4) is 0 Å². The highest BCUT2D eigenvalue weighted by molar-refractivity contribution is 7.47. The fourth-order valence-electron chi connectivity index (χ4n) is 7.18. The zero-order valence-corrected chi connectivity index (χ0v) is 44.6. The summed E-state index contributed by atoms with van der Waals surface area (Å²) < 4.78 is 32.9. The zero-order chi connectivity index (χ0) is 50.2. The number of esters is 2. The van der Waals surface area contributed by atoms with E-state index in [1.807, 2.05) is 0 Å². The van der Waals surface area contributed by atoms with Gasteiger partial charge < -0.3 is 20.1 Å². The monoisotopic (exact) mass is 982 g/mol. The van der Waals surface area contributed by atoms with E-state index < -0.39 is 32.5 Å². The molecule has 0 amide bonds. The molecule has 69 heavy (non-hydrogen) atoms. The molecule has 0 aliphatic carbocycles. The summed E-state index contributed by atoms with van der Waals surface area (Å²) in [5.41, 5.74) is 5.37. The standard InChI is InChI=1S/C59H100NO8P/c1-3-5-7-9-11-13-15-17-19-20-21-22-23-24-25-26-27-28-29-30-31-32-33-34-35-36-38-40-42-44-46-48-50-52-59(62)68-57(56-67-69(63,64)66-54-53-60)55-65-58(61)51-49-47-45-43-41-39-37-18-16-14-12-10-8-6-4-2/h5-8,11-14,17-19,21-22,24-25,27-28,37,57H,3-4,9-10,15-16,20,23,26,29-36,38-56,60H2,1-2H3,(H,63,64)/b7-5-,8-6-,13-11-,14-12-,19-17-,22-21-,25-24-,28-27-,37-18-. The Morgan fingerprint density at radius 3 is 1.12 bits per heavy atom. The van der Waals surface area contributed by atoms with E-state index in [1.165, 1.54) is 70.6 Å². The Morgan fingerprint density at radius 2 is 0.754 bits per heavy atom. The SMILES string of the molecule is CC/C=C\C/C=C\C/C=C\C/C=C\C/C=C\C/C=C\CCCCCCCCCCCCCCCCC(=O)OC(COC(=O)CCCCCCC/C=C\C/C=C\C/C=C\CC)COP(=O)(O)OCCN. The van der Waals surface area contributed by atoms with Crippen LogP contribution in [0.2, 0.25) is 0 Å². The summed E-state index contributed by atoms with van der Waals surface area (Å²) in [5.74, 6) is -0.853. The number of rotatable bonds is 50. The van der Waals surface area contributed by atoms with Crippen LogP contribution in [-0.4, -0.2) is 49.3 Å². The number of phosphoric acid groups is 1. The van der Waals surface area contributed by atoms with Gasteiger partial charge in [-0.15, -0.1) is 0 Å². The Balaban J connectivity index is 3.96. The van der Waals surface area contributed by atoms with E-state index in [2.05, 4.69) is 123 Å². The van der Waals surface area contributed by atoms with Crippen molar-refractivity contribution in [3.63, 3.8) is 0 Å². The summed E-state index contributed by atoms with van der Waals surface area (Å²) in [4.78, 5) is 35.1. The highest BCUT2D eigenvalue weighted by Crippen LogP contribution is 2.43. The number of hydrogen-bond acceptors (Lipinski definition) is 8. The maximum absolute atomic E-state index is 12.7. The van der Waals surface area contributed by atoms with E-state index in [4.69, 9.17) is 24.3 Å². The van der Waals surface area contributed by atoms with Crippen LogP contribution < -0.4 is 5.73 Å². The first-order chi connectivity index (χ1) is 33.8. The van der Waals surface area contributed by atoms with Crippen molar-refractivity contribution >= 4 is 19.8 Å². The van der Waals surface area contributed by atoms with Crippen molar-refractivity contribution in [3.05, 3.63) is 109 Å². The predicted molar refractivity (Wildman–Crippen MR) is 293 cm³/mol. The number of allylic oxidation sites excluding steroid dienone is 18. The average molecular weight is 982 g/mol. The predicted octanol–water partition coefficient (Wildman–Crippen LogP) is 17.1. The fraction of sp³-hybridized carbons (Fsp3) is 0.661. The molecule has 9 nitrogen and oxygen atoms in total. The number of ether oxygens (including phenoxy) is 2. The molecule has 0 aromatic heterocycles. The number of nitrogens with two attached hydrogens (primary N) is 1. The number of unbranched alkanes of at least 4 members (excludes halogenated alkanes) is 19. The van der Waals surface area contributed by atoms with Gasteiger partial charge in [0.05, 0.1) is 13.2 Å². The molecule has 0 radical (unpaired) electrons. The van der Waals surface area contributed by atoms with Crippen molar-refractivity contribution in [2.24, 2.45) is 5.73 Å². The van der Waals surface area contributed by atoms with Gasteiger partial charge in [0.15, 0.2) is 6.10 Å². The summed E-state index contributed by atoms with van der Waals surface area (Å²) in [6, 6.07) is 0. The molecule has 0 bridgehead atoms. The van der Waals surface area contributed by atoms with Crippen LogP contribution in [0.15, 0.2) is 109 Å². The smallest absolute Gasteiger partial charge is 0.462 e. The highest BCUT2D eigenvalue weighted by Gasteiger charge is 2.26. The second-order valence-electron chi connectivity index (χ2n) is 17.7. The molecular formula is C59H100NO8P. The lowest BCUT2D eigenvalue weighted by Gasteiger charge is -2.19. The topological polar surface area (TPSA) is 134 Å². The van der Waals surface area contributed by atoms with Crippen molar-refractivity contribution in [2.75, 3.05) is 26.4 Å². The van der Waals surface area contributed by atoms with Crippen LogP contribution >= 0.6 is 7.82 Å². The van der Waals surface area contributed by atoms with E-state index in [-0.39, 0.29) is 32.6 Å². The molecule has 2 unspecified atom stereocenters. The molecule has 0 aliphatic rings. The minimum Gasteiger partial charge on any atom is -0.462 e. The average Bonchev–Trinajstić information content (AvgIpc) is 3.34. The van der Waals surface area contributed by atoms with E-state index in [9.17, 15) is 19.0 Å². The van der Waals surface area contributed by atoms with Crippen LogP contribution in [-0.2, 0) is 32.7 Å². The highest BCUT2D eigenvalue weighted by atomic mass is 31.2. The Kier molecular flexibility index (Phi) is 51.4. The summed E-state index contributed by atoms with van der Waals surface area (Å²) in [6.45, 7) is 3.49. The molecule has 0 fully saturated rings. The summed E-state index contributed by atoms with van der Waals surface area (Å²) in [7, 11) is -4.39. The maximum Gasteiger partial charge on any atom is 0.472 e. The Hall–Kier alpha value is -3.33. The van der Waals surface area contributed by atoms with E-state index >= 15 is 0 Å². The lowest BCUT2D eigenvalue weighted by molar-refractivity contribution is -0.161. The van der Waals surface area contributed by atoms with Gasteiger partial charge in [-0.2, -0.15) is 0 Å². The van der Waals surface area contributed by atoms with Crippen molar-refractivity contribution in [1.29, 1.82) is 0 Å². The molecule has 394 valence electrons. The first kappa shape index (κ1) is 65.7. The van der Waals surface area contributed by atoms with Gasteiger partial charge in [0, 0.05) is 19.4 Å². The largest absolute Gasteiger partial charge is 0.472 e. The van der Waals surface area contributed by atoms with Crippen LogP contribution in [0.1, 0.15) is 219 Å². The van der Waals surface area contributed by atoms with E-state index in [1.54, 1.807) is 0 Å². The van der Waals surface area contributed by atoms with Crippen molar-refractivity contribution in [2.45, 2.75) is 225 Å². The molecule has 3 N–H and O–H groups in total. The first-order valence-corrected chi connectivity index (χ1v) is 28.9. The molecule has 0 aliphatic heterocycles. The molecule has 0 rings (SSSR count). The molecular weight excluding hydrogens is 882 g/mol. The van der Waals surface area contributed by atoms with Crippen LogP contribution in [0, 0.1) is 0 Å². The van der Waals surface area contributed by atoms with Gasteiger partial charge in [-0.1, -0.05) is 220 Å². The molecule has 0 saturated carbocycles. The maximum atomic E-state index is 12.7. The third kappa shape index (κ3) is 53.9. The van der Waals surface area contributed by atoms with E-state index in [0.717, 1.165) is 109 Å². The fourth-order valence-corrected chi connectivity index (χ4v) is 7.95. The molecule has 0 spiro atoms.